The van der Waals surface area contributed by atoms with Crippen molar-refractivity contribution in [2.24, 2.45) is 11.8 Å². The SMILES string of the molecule is CCCCCCCCC(CC1COC1)C(CC)(OC(C)C)OC(C)C. The zero-order chi connectivity index (χ0) is 18.7. The Balaban J connectivity index is 2.71. The highest BCUT2D eigenvalue weighted by Gasteiger charge is 2.42. The maximum Gasteiger partial charge on any atom is 0.171 e. The van der Waals surface area contributed by atoms with Crippen LogP contribution >= 0.6 is 0 Å². The molecule has 25 heavy (non-hydrogen) atoms. The molecule has 1 unspecified atom stereocenters. The molecule has 1 aliphatic rings. The Bertz CT molecular complexity index is 313. The molecule has 0 aromatic heterocycles. The fraction of sp³-hybridized carbons (Fsp3) is 1.00. The van der Waals surface area contributed by atoms with Gasteiger partial charge in [-0.25, -0.2) is 0 Å². The van der Waals surface area contributed by atoms with E-state index in [1.807, 2.05) is 0 Å². The summed E-state index contributed by atoms with van der Waals surface area (Å²) in [5.41, 5.74) is 0. The number of ether oxygens (including phenoxy) is 3. The molecule has 0 aromatic rings. The lowest BCUT2D eigenvalue weighted by Crippen LogP contribution is -2.48. The van der Waals surface area contributed by atoms with Gasteiger partial charge in [-0.2, -0.15) is 0 Å². The van der Waals surface area contributed by atoms with Crippen molar-refractivity contribution >= 4 is 0 Å². The van der Waals surface area contributed by atoms with Crippen molar-refractivity contribution in [2.75, 3.05) is 13.2 Å². The first kappa shape index (κ1) is 22.9. The lowest BCUT2D eigenvalue weighted by molar-refractivity contribution is -0.302. The van der Waals surface area contributed by atoms with Gasteiger partial charge in [0.2, 0.25) is 0 Å². The molecule has 1 saturated heterocycles. The molecule has 0 N–H and O–H groups in total. The highest BCUT2D eigenvalue weighted by molar-refractivity contribution is 4.84. The van der Waals surface area contributed by atoms with E-state index in [-0.39, 0.29) is 12.2 Å². The fourth-order valence-corrected chi connectivity index (χ4v) is 3.98. The number of rotatable bonds is 15. The van der Waals surface area contributed by atoms with Gasteiger partial charge < -0.3 is 14.2 Å². The summed E-state index contributed by atoms with van der Waals surface area (Å²) < 4.78 is 18.4. The molecule has 3 heteroatoms. The van der Waals surface area contributed by atoms with E-state index in [0.717, 1.165) is 19.6 Å². The van der Waals surface area contributed by atoms with Crippen molar-refractivity contribution < 1.29 is 14.2 Å². The molecule has 1 aliphatic heterocycles. The Labute approximate surface area is 157 Å². The Kier molecular flexibility index (Phi) is 11.3. The Hall–Kier alpha value is -0.120. The Morgan fingerprint density at radius 1 is 0.880 bits per heavy atom. The molecule has 0 saturated carbocycles. The first-order chi connectivity index (χ1) is 11.9. The highest BCUT2D eigenvalue weighted by atomic mass is 16.7. The molecule has 0 radical (unpaired) electrons. The van der Waals surface area contributed by atoms with Crippen LogP contribution in [0.1, 0.15) is 99.3 Å². The van der Waals surface area contributed by atoms with Crippen LogP contribution in [0.25, 0.3) is 0 Å². The summed E-state index contributed by atoms with van der Waals surface area (Å²) in [5.74, 6) is 0.700. The molecule has 3 nitrogen and oxygen atoms in total. The zero-order valence-corrected chi connectivity index (χ0v) is 17.8. The van der Waals surface area contributed by atoms with Crippen LogP contribution in [0.4, 0.5) is 0 Å². The summed E-state index contributed by atoms with van der Waals surface area (Å²) in [6, 6.07) is 0. The lowest BCUT2D eigenvalue weighted by atomic mass is 9.81. The van der Waals surface area contributed by atoms with Crippen molar-refractivity contribution in [3.8, 4) is 0 Å². The van der Waals surface area contributed by atoms with Gasteiger partial charge in [0.05, 0.1) is 25.4 Å². The van der Waals surface area contributed by atoms with Gasteiger partial charge >= 0.3 is 0 Å². The molecular weight excluding hydrogens is 312 g/mol. The Morgan fingerprint density at radius 2 is 1.44 bits per heavy atom. The van der Waals surface area contributed by atoms with Gasteiger partial charge in [-0.05, 0) is 47.0 Å². The molecule has 1 atom stereocenters. The summed E-state index contributed by atoms with van der Waals surface area (Å²) in [5, 5.41) is 0. The average Bonchev–Trinajstić information content (AvgIpc) is 2.50. The summed E-state index contributed by atoms with van der Waals surface area (Å²) >= 11 is 0. The van der Waals surface area contributed by atoms with Crippen LogP contribution in [0, 0.1) is 11.8 Å². The highest BCUT2D eigenvalue weighted by Crippen LogP contribution is 2.39. The van der Waals surface area contributed by atoms with E-state index in [4.69, 9.17) is 14.2 Å². The van der Waals surface area contributed by atoms with Gasteiger partial charge in [-0.15, -0.1) is 0 Å². The van der Waals surface area contributed by atoms with Crippen molar-refractivity contribution in [1.29, 1.82) is 0 Å². The van der Waals surface area contributed by atoms with Crippen LogP contribution in [0.3, 0.4) is 0 Å². The largest absolute Gasteiger partial charge is 0.381 e. The summed E-state index contributed by atoms with van der Waals surface area (Å²) in [6.45, 7) is 14.8. The first-order valence-corrected chi connectivity index (χ1v) is 10.9. The molecule has 0 spiro atoms. The van der Waals surface area contributed by atoms with Crippen LogP contribution in [0.15, 0.2) is 0 Å². The second-order valence-corrected chi connectivity index (χ2v) is 8.39. The summed E-state index contributed by atoms with van der Waals surface area (Å²) in [4.78, 5) is 0. The van der Waals surface area contributed by atoms with Crippen LogP contribution in [-0.2, 0) is 14.2 Å². The normalized spacial score (nSPS) is 17.3. The topological polar surface area (TPSA) is 27.7 Å². The van der Waals surface area contributed by atoms with Crippen molar-refractivity contribution in [3.05, 3.63) is 0 Å². The Morgan fingerprint density at radius 3 is 1.88 bits per heavy atom. The van der Waals surface area contributed by atoms with Gasteiger partial charge in [-0.1, -0.05) is 52.4 Å². The smallest absolute Gasteiger partial charge is 0.171 e. The molecule has 1 fully saturated rings. The van der Waals surface area contributed by atoms with Gasteiger partial charge in [0, 0.05) is 11.8 Å². The first-order valence-electron chi connectivity index (χ1n) is 10.9. The van der Waals surface area contributed by atoms with E-state index in [9.17, 15) is 0 Å². The number of unbranched alkanes of at least 4 members (excludes halogenated alkanes) is 5. The van der Waals surface area contributed by atoms with E-state index >= 15 is 0 Å². The van der Waals surface area contributed by atoms with Crippen LogP contribution < -0.4 is 0 Å². The van der Waals surface area contributed by atoms with Gasteiger partial charge in [0.15, 0.2) is 5.79 Å². The van der Waals surface area contributed by atoms with Crippen molar-refractivity contribution in [2.45, 2.75) is 117 Å². The predicted molar refractivity (Wildman–Crippen MR) is 106 cm³/mol. The molecule has 1 heterocycles. The summed E-state index contributed by atoms with van der Waals surface area (Å²) in [6.07, 6.45) is 11.7. The minimum atomic E-state index is -0.443. The lowest BCUT2D eigenvalue weighted by Gasteiger charge is -2.44. The monoisotopic (exact) mass is 356 g/mol. The van der Waals surface area contributed by atoms with Gasteiger partial charge in [0.1, 0.15) is 0 Å². The molecule has 1 rings (SSSR count). The van der Waals surface area contributed by atoms with E-state index in [0.29, 0.717) is 11.8 Å². The fourth-order valence-electron chi connectivity index (χ4n) is 3.98. The van der Waals surface area contributed by atoms with Gasteiger partial charge in [0.25, 0.3) is 0 Å². The third-order valence-corrected chi connectivity index (χ3v) is 5.22. The second-order valence-electron chi connectivity index (χ2n) is 8.39. The maximum atomic E-state index is 6.46. The quantitative estimate of drug-likeness (QED) is 0.253. The minimum absolute atomic E-state index is 0.184. The number of hydrogen-bond acceptors (Lipinski definition) is 3. The summed E-state index contributed by atoms with van der Waals surface area (Å²) in [7, 11) is 0. The third-order valence-electron chi connectivity index (χ3n) is 5.22. The van der Waals surface area contributed by atoms with E-state index in [2.05, 4.69) is 41.5 Å². The number of hydrogen-bond donors (Lipinski definition) is 0. The average molecular weight is 357 g/mol. The van der Waals surface area contributed by atoms with Crippen molar-refractivity contribution in [3.63, 3.8) is 0 Å². The van der Waals surface area contributed by atoms with Gasteiger partial charge in [-0.3, -0.25) is 0 Å². The maximum absolute atomic E-state index is 6.46. The predicted octanol–water partition coefficient (Wildman–Crippen LogP) is 6.35. The standard InChI is InChI=1S/C22H44O3/c1-7-9-10-11-12-13-14-21(15-20-16-23-17-20)22(8-2,24-18(3)4)25-19(5)6/h18-21H,7-17H2,1-6H3. The van der Waals surface area contributed by atoms with E-state index in [1.54, 1.807) is 0 Å². The molecule has 0 aliphatic carbocycles. The third kappa shape index (κ3) is 8.41. The van der Waals surface area contributed by atoms with Crippen molar-refractivity contribution in [1.82, 2.24) is 0 Å². The van der Waals surface area contributed by atoms with E-state index in [1.165, 1.54) is 51.4 Å². The molecule has 0 bridgehead atoms. The minimum Gasteiger partial charge on any atom is -0.381 e. The van der Waals surface area contributed by atoms with Crippen LogP contribution in [0.5, 0.6) is 0 Å². The van der Waals surface area contributed by atoms with Crippen LogP contribution in [-0.4, -0.2) is 31.2 Å². The molecule has 0 amide bonds. The van der Waals surface area contributed by atoms with E-state index < -0.39 is 5.79 Å². The molecular formula is C22H44O3. The second kappa shape index (κ2) is 12.3. The zero-order valence-electron chi connectivity index (χ0n) is 17.8. The molecule has 0 aromatic carbocycles. The van der Waals surface area contributed by atoms with Crippen LogP contribution in [0.2, 0.25) is 0 Å². The molecule has 150 valence electrons.